The van der Waals surface area contributed by atoms with Crippen LogP contribution in [0, 0.1) is 0 Å². The zero-order chi connectivity index (χ0) is 17.6. The fourth-order valence-corrected chi connectivity index (χ4v) is 7.69. The lowest BCUT2D eigenvalue weighted by Gasteiger charge is -2.43. The second-order valence-corrected chi connectivity index (χ2v) is 11.2. The molecule has 0 bridgehead atoms. The summed E-state index contributed by atoms with van der Waals surface area (Å²) in [6.07, 6.45) is 0. The van der Waals surface area contributed by atoms with E-state index in [0.29, 0.717) is 6.61 Å². The molecule has 0 aliphatic rings. The smallest absolute Gasteiger partial charge is 0.302 e. The molecular weight excluding hydrogens is 316 g/mol. The van der Waals surface area contributed by atoms with Crippen LogP contribution in [-0.4, -0.2) is 27.5 Å². The van der Waals surface area contributed by atoms with Crippen LogP contribution < -0.4 is 10.4 Å². The summed E-state index contributed by atoms with van der Waals surface area (Å²) in [5.74, 6) is -0.277. The van der Waals surface area contributed by atoms with Crippen molar-refractivity contribution >= 4 is 24.7 Å². The maximum Gasteiger partial charge on any atom is 0.302 e. The van der Waals surface area contributed by atoms with E-state index in [1.54, 1.807) is 0 Å². The topological polar surface area (TPSA) is 35.5 Å². The van der Waals surface area contributed by atoms with Gasteiger partial charge in [-0.15, -0.1) is 0 Å². The standard InChI is InChI=1S/C20H26O3Si/c1-17(21)22-15-16-23-24(20(2,3)4,18-11-7-5-8-12-18)19-13-9-6-10-14-19/h5-14H,15-16H2,1-4H3. The molecule has 0 unspecified atom stereocenters. The summed E-state index contributed by atoms with van der Waals surface area (Å²) in [6, 6.07) is 20.9. The number of rotatable bonds is 6. The van der Waals surface area contributed by atoms with Gasteiger partial charge in [0, 0.05) is 6.92 Å². The van der Waals surface area contributed by atoms with Crippen molar-refractivity contribution in [1.82, 2.24) is 0 Å². The van der Waals surface area contributed by atoms with E-state index in [1.165, 1.54) is 17.3 Å². The lowest BCUT2D eigenvalue weighted by Crippen LogP contribution is -2.66. The van der Waals surface area contributed by atoms with Crippen molar-refractivity contribution in [2.24, 2.45) is 0 Å². The van der Waals surface area contributed by atoms with Crippen LogP contribution in [0.4, 0.5) is 0 Å². The van der Waals surface area contributed by atoms with Gasteiger partial charge in [-0.05, 0) is 15.4 Å². The van der Waals surface area contributed by atoms with Gasteiger partial charge in [-0.2, -0.15) is 0 Å². The van der Waals surface area contributed by atoms with E-state index in [2.05, 4.69) is 69.3 Å². The van der Waals surface area contributed by atoms with Crippen LogP contribution in [0.25, 0.3) is 0 Å². The van der Waals surface area contributed by atoms with Gasteiger partial charge in [0.2, 0.25) is 0 Å². The van der Waals surface area contributed by atoms with Crippen molar-refractivity contribution in [2.75, 3.05) is 13.2 Å². The maximum absolute atomic E-state index is 11.0. The summed E-state index contributed by atoms with van der Waals surface area (Å²) in [5.41, 5.74) is 0. The van der Waals surface area contributed by atoms with Gasteiger partial charge in [0.05, 0.1) is 6.61 Å². The Labute approximate surface area is 145 Å². The van der Waals surface area contributed by atoms with Crippen molar-refractivity contribution in [3.8, 4) is 0 Å². The van der Waals surface area contributed by atoms with Gasteiger partial charge >= 0.3 is 5.97 Å². The van der Waals surface area contributed by atoms with Gasteiger partial charge in [-0.25, -0.2) is 0 Å². The van der Waals surface area contributed by atoms with Crippen molar-refractivity contribution in [1.29, 1.82) is 0 Å². The largest absolute Gasteiger partial charge is 0.463 e. The number of carbonyl (C=O) groups is 1. The van der Waals surface area contributed by atoms with Gasteiger partial charge in [-0.1, -0.05) is 81.4 Å². The first-order valence-corrected chi connectivity index (χ1v) is 10.2. The molecule has 0 spiro atoms. The molecule has 0 amide bonds. The lowest BCUT2D eigenvalue weighted by atomic mass is 10.2. The molecule has 0 aliphatic carbocycles. The highest BCUT2D eigenvalue weighted by Gasteiger charge is 2.50. The van der Waals surface area contributed by atoms with Crippen LogP contribution >= 0.6 is 0 Å². The van der Waals surface area contributed by atoms with Crippen molar-refractivity contribution in [2.45, 2.75) is 32.7 Å². The number of carbonyl (C=O) groups excluding carboxylic acids is 1. The average molecular weight is 343 g/mol. The third kappa shape index (κ3) is 3.94. The van der Waals surface area contributed by atoms with E-state index in [9.17, 15) is 4.79 Å². The molecule has 0 atom stereocenters. The van der Waals surface area contributed by atoms with Crippen molar-refractivity contribution in [3.63, 3.8) is 0 Å². The van der Waals surface area contributed by atoms with E-state index in [1.807, 2.05) is 12.1 Å². The fraction of sp³-hybridized carbons (Fsp3) is 0.350. The van der Waals surface area contributed by atoms with E-state index in [4.69, 9.17) is 9.16 Å². The third-order valence-electron chi connectivity index (χ3n) is 4.12. The summed E-state index contributed by atoms with van der Waals surface area (Å²) in [5, 5.41) is 2.39. The molecule has 0 aliphatic heterocycles. The molecule has 0 aromatic heterocycles. The molecule has 0 radical (unpaired) electrons. The molecule has 0 saturated carbocycles. The first-order valence-electron chi connectivity index (χ1n) is 8.26. The predicted octanol–water partition coefficient (Wildman–Crippen LogP) is 3.13. The first kappa shape index (κ1) is 18.4. The van der Waals surface area contributed by atoms with Crippen LogP contribution in [0.2, 0.25) is 5.04 Å². The van der Waals surface area contributed by atoms with Gasteiger partial charge in [0.25, 0.3) is 8.32 Å². The summed E-state index contributed by atoms with van der Waals surface area (Å²) < 4.78 is 11.7. The number of ether oxygens (including phenoxy) is 1. The normalized spacial score (nSPS) is 12.0. The van der Waals surface area contributed by atoms with Gasteiger partial charge in [-0.3, -0.25) is 4.79 Å². The van der Waals surface area contributed by atoms with E-state index < -0.39 is 8.32 Å². The fourth-order valence-electron chi connectivity index (χ4n) is 3.14. The SMILES string of the molecule is CC(=O)OCCO[Si](c1ccccc1)(c1ccccc1)C(C)(C)C. The molecule has 4 heteroatoms. The van der Waals surface area contributed by atoms with Crippen LogP contribution in [0.15, 0.2) is 60.7 Å². The molecule has 2 rings (SSSR count). The molecule has 0 fully saturated rings. The second kappa shape index (κ2) is 7.77. The molecule has 0 heterocycles. The number of esters is 1. The quantitative estimate of drug-likeness (QED) is 0.460. The van der Waals surface area contributed by atoms with Crippen LogP contribution in [-0.2, 0) is 14.0 Å². The first-order chi connectivity index (χ1) is 11.4. The number of benzene rings is 2. The molecule has 0 N–H and O–H groups in total. The Balaban J connectivity index is 2.47. The molecule has 24 heavy (non-hydrogen) atoms. The molecular formula is C20H26O3Si. The Bertz CT molecular complexity index is 608. The lowest BCUT2D eigenvalue weighted by molar-refractivity contribution is -0.141. The summed E-state index contributed by atoms with van der Waals surface area (Å²) >= 11 is 0. The molecule has 3 nitrogen and oxygen atoms in total. The highest BCUT2D eigenvalue weighted by Crippen LogP contribution is 2.36. The van der Waals surface area contributed by atoms with Gasteiger partial charge < -0.3 is 9.16 Å². The predicted molar refractivity (Wildman–Crippen MR) is 100 cm³/mol. The molecule has 0 saturated heterocycles. The Kier molecular flexibility index (Phi) is 5.97. The van der Waals surface area contributed by atoms with Crippen LogP contribution in [0.3, 0.4) is 0 Å². The highest BCUT2D eigenvalue weighted by molar-refractivity contribution is 6.99. The van der Waals surface area contributed by atoms with E-state index in [0.717, 1.165) is 0 Å². The maximum atomic E-state index is 11.0. The molecule has 2 aromatic rings. The number of hydrogen-bond acceptors (Lipinski definition) is 3. The van der Waals surface area contributed by atoms with Gasteiger partial charge in [0.15, 0.2) is 0 Å². The number of hydrogen-bond donors (Lipinski definition) is 0. The van der Waals surface area contributed by atoms with Crippen LogP contribution in [0.5, 0.6) is 0 Å². The molecule has 128 valence electrons. The highest BCUT2D eigenvalue weighted by atomic mass is 28.4. The monoisotopic (exact) mass is 342 g/mol. The Morgan fingerprint density at radius 3 is 1.71 bits per heavy atom. The van der Waals surface area contributed by atoms with Crippen LogP contribution in [0.1, 0.15) is 27.7 Å². The minimum absolute atomic E-state index is 0.0636. The summed E-state index contributed by atoms with van der Waals surface area (Å²) in [4.78, 5) is 11.0. The van der Waals surface area contributed by atoms with E-state index >= 15 is 0 Å². The Hall–Kier alpha value is -1.91. The Morgan fingerprint density at radius 2 is 1.33 bits per heavy atom. The summed E-state index contributed by atoms with van der Waals surface area (Å²) in [6.45, 7) is 8.77. The van der Waals surface area contributed by atoms with Crippen molar-refractivity contribution in [3.05, 3.63) is 60.7 Å². The minimum Gasteiger partial charge on any atom is -0.463 e. The zero-order valence-electron chi connectivity index (χ0n) is 14.9. The average Bonchev–Trinajstić information content (AvgIpc) is 2.55. The van der Waals surface area contributed by atoms with Gasteiger partial charge in [0.1, 0.15) is 6.61 Å². The van der Waals surface area contributed by atoms with Crippen molar-refractivity contribution < 1.29 is 14.0 Å². The second-order valence-electron chi connectivity index (χ2n) is 6.85. The van der Waals surface area contributed by atoms with E-state index in [-0.39, 0.29) is 17.6 Å². The Morgan fingerprint density at radius 1 is 0.875 bits per heavy atom. The minimum atomic E-state index is -2.51. The molecule has 2 aromatic carbocycles. The summed E-state index contributed by atoms with van der Waals surface area (Å²) in [7, 11) is -2.51. The third-order valence-corrected chi connectivity index (χ3v) is 9.17. The zero-order valence-corrected chi connectivity index (χ0v) is 15.9.